The van der Waals surface area contributed by atoms with Gasteiger partial charge in [0, 0.05) is 10.0 Å². The molecule has 1 rings (SSSR count). The summed E-state index contributed by atoms with van der Waals surface area (Å²) in [6, 6.07) is 1.19. The van der Waals surface area contributed by atoms with Crippen molar-refractivity contribution in [2.24, 2.45) is 5.73 Å². The smallest absolute Gasteiger partial charge is 0.325 e. The Hall–Kier alpha value is -0.650. The standard InChI is InChI=1S/C8H6BrClFNO2/c9-3-1-4(7(12)8(13)14)6(10)5(11)2-3/h1-2,7H,12H2,(H,13,14). The third-order valence-corrected chi connectivity index (χ3v) is 2.48. The van der Waals surface area contributed by atoms with Crippen LogP contribution < -0.4 is 5.73 Å². The molecule has 0 aromatic heterocycles. The molecular formula is C8H6BrClFNO2. The molecule has 0 saturated heterocycles. The molecule has 3 nitrogen and oxygen atoms in total. The van der Waals surface area contributed by atoms with Crippen molar-refractivity contribution in [2.75, 3.05) is 0 Å². The lowest BCUT2D eigenvalue weighted by molar-refractivity contribution is -0.138. The molecule has 1 atom stereocenters. The van der Waals surface area contributed by atoms with Crippen molar-refractivity contribution in [1.82, 2.24) is 0 Å². The van der Waals surface area contributed by atoms with Crippen LogP contribution in [0.25, 0.3) is 0 Å². The van der Waals surface area contributed by atoms with Gasteiger partial charge in [-0.05, 0) is 12.1 Å². The van der Waals surface area contributed by atoms with Crippen molar-refractivity contribution >= 4 is 33.5 Å². The third-order valence-electron chi connectivity index (χ3n) is 1.62. The minimum atomic E-state index is -1.32. The summed E-state index contributed by atoms with van der Waals surface area (Å²) in [5, 5.41) is 8.36. The SMILES string of the molecule is NC(C(=O)O)c1cc(Br)cc(F)c1Cl. The first-order valence-corrected chi connectivity index (χ1v) is 4.73. The molecule has 0 aliphatic heterocycles. The number of hydrogen-bond acceptors (Lipinski definition) is 2. The zero-order valence-electron chi connectivity index (χ0n) is 6.80. The summed E-state index contributed by atoms with van der Waals surface area (Å²) in [6.07, 6.45) is 0. The third kappa shape index (κ3) is 2.23. The lowest BCUT2D eigenvalue weighted by Crippen LogP contribution is -2.21. The Morgan fingerprint density at radius 2 is 2.21 bits per heavy atom. The van der Waals surface area contributed by atoms with E-state index in [1.54, 1.807) is 0 Å². The van der Waals surface area contributed by atoms with Crippen molar-refractivity contribution in [1.29, 1.82) is 0 Å². The van der Waals surface area contributed by atoms with Gasteiger partial charge in [-0.25, -0.2) is 4.39 Å². The molecule has 0 amide bonds. The van der Waals surface area contributed by atoms with Gasteiger partial charge in [0.25, 0.3) is 0 Å². The van der Waals surface area contributed by atoms with Crippen molar-refractivity contribution < 1.29 is 14.3 Å². The molecule has 0 radical (unpaired) electrons. The van der Waals surface area contributed by atoms with Crippen LogP contribution >= 0.6 is 27.5 Å². The molecule has 76 valence electrons. The molecule has 0 spiro atoms. The molecule has 1 aromatic carbocycles. The summed E-state index contributed by atoms with van der Waals surface area (Å²) in [4.78, 5) is 10.6. The second kappa shape index (κ2) is 4.25. The van der Waals surface area contributed by atoms with Crippen LogP contribution in [0, 0.1) is 5.82 Å². The van der Waals surface area contributed by atoms with Crippen LogP contribution in [0.4, 0.5) is 4.39 Å². The van der Waals surface area contributed by atoms with Crippen LogP contribution in [0.5, 0.6) is 0 Å². The number of benzene rings is 1. The molecule has 0 fully saturated rings. The molecule has 1 unspecified atom stereocenters. The number of nitrogens with two attached hydrogens (primary N) is 1. The lowest BCUT2D eigenvalue weighted by Gasteiger charge is -2.09. The largest absolute Gasteiger partial charge is 0.480 e. The highest BCUT2D eigenvalue weighted by Crippen LogP contribution is 2.28. The van der Waals surface area contributed by atoms with E-state index in [4.69, 9.17) is 22.4 Å². The van der Waals surface area contributed by atoms with E-state index in [0.717, 1.165) is 6.07 Å². The molecule has 14 heavy (non-hydrogen) atoms. The monoisotopic (exact) mass is 281 g/mol. The Labute approximate surface area is 92.8 Å². The summed E-state index contributed by atoms with van der Waals surface area (Å²) < 4.78 is 13.4. The van der Waals surface area contributed by atoms with E-state index in [9.17, 15) is 9.18 Å². The molecule has 1 aromatic rings. The zero-order valence-corrected chi connectivity index (χ0v) is 9.14. The fourth-order valence-corrected chi connectivity index (χ4v) is 1.61. The quantitative estimate of drug-likeness (QED) is 0.818. The highest BCUT2D eigenvalue weighted by Gasteiger charge is 2.20. The van der Waals surface area contributed by atoms with E-state index < -0.39 is 17.8 Å². The lowest BCUT2D eigenvalue weighted by atomic mass is 10.1. The van der Waals surface area contributed by atoms with Gasteiger partial charge in [-0.2, -0.15) is 0 Å². The summed E-state index contributed by atoms with van der Waals surface area (Å²) in [7, 11) is 0. The molecular weight excluding hydrogens is 276 g/mol. The summed E-state index contributed by atoms with van der Waals surface area (Å²) in [5.74, 6) is -1.96. The maximum atomic E-state index is 13.1. The van der Waals surface area contributed by atoms with Crippen LogP contribution in [0.15, 0.2) is 16.6 Å². The fourth-order valence-electron chi connectivity index (χ4n) is 0.935. The Bertz CT molecular complexity index is 386. The van der Waals surface area contributed by atoms with E-state index >= 15 is 0 Å². The topological polar surface area (TPSA) is 63.3 Å². The minimum Gasteiger partial charge on any atom is -0.480 e. The summed E-state index contributed by atoms with van der Waals surface area (Å²) in [6.45, 7) is 0. The normalized spacial score (nSPS) is 12.6. The first-order chi connectivity index (χ1) is 6.43. The predicted molar refractivity (Wildman–Crippen MR) is 53.7 cm³/mol. The van der Waals surface area contributed by atoms with Gasteiger partial charge < -0.3 is 10.8 Å². The highest BCUT2D eigenvalue weighted by atomic mass is 79.9. The van der Waals surface area contributed by atoms with Gasteiger partial charge in [0.05, 0.1) is 5.02 Å². The minimum absolute atomic E-state index is 0.0473. The van der Waals surface area contributed by atoms with Gasteiger partial charge in [0.15, 0.2) is 0 Å². The highest BCUT2D eigenvalue weighted by molar-refractivity contribution is 9.10. The number of aliphatic carboxylic acids is 1. The average Bonchev–Trinajstić information content (AvgIpc) is 2.09. The van der Waals surface area contributed by atoms with Gasteiger partial charge in [0.1, 0.15) is 11.9 Å². The van der Waals surface area contributed by atoms with Gasteiger partial charge in [-0.1, -0.05) is 27.5 Å². The van der Waals surface area contributed by atoms with Crippen molar-refractivity contribution in [3.8, 4) is 0 Å². The van der Waals surface area contributed by atoms with Crippen LogP contribution in [0.3, 0.4) is 0 Å². The second-order valence-corrected chi connectivity index (χ2v) is 3.90. The Morgan fingerprint density at radius 1 is 1.64 bits per heavy atom. The molecule has 0 aliphatic carbocycles. The number of hydrogen-bond donors (Lipinski definition) is 2. The van der Waals surface area contributed by atoms with Crippen LogP contribution in [-0.2, 0) is 4.79 Å². The van der Waals surface area contributed by atoms with E-state index in [0.29, 0.717) is 4.47 Å². The zero-order chi connectivity index (χ0) is 10.9. The molecule has 0 saturated carbocycles. The van der Waals surface area contributed by atoms with Gasteiger partial charge in [-0.15, -0.1) is 0 Å². The maximum Gasteiger partial charge on any atom is 0.325 e. The van der Waals surface area contributed by atoms with E-state index in [2.05, 4.69) is 15.9 Å². The van der Waals surface area contributed by atoms with Crippen molar-refractivity contribution in [3.63, 3.8) is 0 Å². The molecule has 0 heterocycles. The fraction of sp³-hybridized carbons (Fsp3) is 0.125. The van der Waals surface area contributed by atoms with Crippen molar-refractivity contribution in [2.45, 2.75) is 6.04 Å². The van der Waals surface area contributed by atoms with Gasteiger partial charge in [-0.3, -0.25) is 4.79 Å². The van der Waals surface area contributed by atoms with E-state index in [1.165, 1.54) is 6.07 Å². The molecule has 0 aliphatic rings. The van der Waals surface area contributed by atoms with Crippen LogP contribution in [0.2, 0.25) is 5.02 Å². The predicted octanol–water partition coefficient (Wildman–Crippen LogP) is 2.33. The first-order valence-electron chi connectivity index (χ1n) is 3.56. The molecule has 6 heteroatoms. The second-order valence-electron chi connectivity index (χ2n) is 2.61. The first kappa shape index (κ1) is 11.4. The summed E-state index contributed by atoms with van der Waals surface area (Å²) >= 11 is 8.58. The Kier molecular flexibility index (Phi) is 3.47. The molecule has 3 N–H and O–H groups in total. The van der Waals surface area contributed by atoms with Gasteiger partial charge >= 0.3 is 5.97 Å². The molecule has 0 bridgehead atoms. The Balaban J connectivity index is 3.26. The number of halogens is 3. The number of carboxylic acid groups (broad SMARTS) is 1. The van der Waals surface area contributed by atoms with Gasteiger partial charge in [0.2, 0.25) is 0 Å². The van der Waals surface area contributed by atoms with E-state index in [1.807, 2.05) is 0 Å². The summed E-state index contributed by atoms with van der Waals surface area (Å²) in [5.41, 5.74) is 5.35. The van der Waals surface area contributed by atoms with Crippen molar-refractivity contribution in [3.05, 3.63) is 33.0 Å². The number of carbonyl (C=O) groups is 1. The van der Waals surface area contributed by atoms with Crippen LogP contribution in [-0.4, -0.2) is 11.1 Å². The van der Waals surface area contributed by atoms with Crippen LogP contribution in [0.1, 0.15) is 11.6 Å². The Morgan fingerprint density at radius 3 is 2.71 bits per heavy atom. The number of carboxylic acids is 1. The van der Waals surface area contributed by atoms with E-state index in [-0.39, 0.29) is 10.6 Å². The average molecular weight is 282 g/mol. The maximum absolute atomic E-state index is 13.1. The number of rotatable bonds is 2.